The van der Waals surface area contributed by atoms with Crippen LogP contribution in [0.15, 0.2) is 53.6 Å². The van der Waals surface area contributed by atoms with Gasteiger partial charge in [0.1, 0.15) is 6.04 Å². The van der Waals surface area contributed by atoms with Gasteiger partial charge >= 0.3 is 0 Å². The average Bonchev–Trinajstić information content (AvgIpc) is 2.56. The fourth-order valence-corrected chi connectivity index (χ4v) is 2.20. The van der Waals surface area contributed by atoms with Crippen molar-refractivity contribution in [2.75, 3.05) is 5.32 Å². The maximum Gasteiger partial charge on any atom is 0.262 e. The molecule has 5 heteroatoms. The number of hydrazone groups is 1. The van der Waals surface area contributed by atoms with Crippen LogP contribution in [-0.4, -0.2) is 18.2 Å². The van der Waals surface area contributed by atoms with Crippen LogP contribution in [0.2, 0.25) is 5.02 Å². The van der Waals surface area contributed by atoms with Gasteiger partial charge in [-0.15, -0.1) is 0 Å². The number of carbonyl (C=O) groups is 1. The van der Waals surface area contributed by atoms with Crippen LogP contribution in [0.4, 0.5) is 5.69 Å². The number of halogens is 1. The zero-order valence-electron chi connectivity index (χ0n) is 13.2. The van der Waals surface area contributed by atoms with Gasteiger partial charge in [-0.3, -0.25) is 4.79 Å². The molecule has 2 N–H and O–H groups in total. The molecule has 23 heavy (non-hydrogen) atoms. The van der Waals surface area contributed by atoms with E-state index < -0.39 is 0 Å². The monoisotopic (exact) mass is 329 g/mol. The first kappa shape index (κ1) is 17.0. The van der Waals surface area contributed by atoms with Crippen molar-refractivity contribution in [2.45, 2.75) is 26.3 Å². The number of benzene rings is 2. The number of aryl methyl sites for hydroxylation is 1. The molecule has 1 atom stereocenters. The summed E-state index contributed by atoms with van der Waals surface area (Å²) in [6.07, 6.45) is 2.30. The van der Waals surface area contributed by atoms with E-state index in [4.69, 9.17) is 11.6 Å². The molecule has 0 aromatic heterocycles. The number of carbonyl (C=O) groups excluding carboxylic acids is 1. The normalized spacial score (nSPS) is 12.1. The second-order valence-corrected chi connectivity index (χ2v) is 5.64. The molecule has 2 rings (SSSR count). The first-order valence-electron chi connectivity index (χ1n) is 7.51. The number of amides is 1. The van der Waals surface area contributed by atoms with Gasteiger partial charge in [-0.05, 0) is 48.7 Å². The van der Waals surface area contributed by atoms with E-state index in [0.29, 0.717) is 11.4 Å². The minimum atomic E-state index is -0.356. The molecule has 0 bridgehead atoms. The Balaban J connectivity index is 1.95. The van der Waals surface area contributed by atoms with Crippen LogP contribution < -0.4 is 10.7 Å². The molecule has 0 radical (unpaired) electrons. The fourth-order valence-electron chi connectivity index (χ4n) is 2.08. The lowest BCUT2D eigenvalue weighted by molar-refractivity contribution is -0.121. The molecule has 0 saturated heterocycles. The lowest BCUT2D eigenvalue weighted by atomic mass is 10.1. The molecule has 0 saturated carbocycles. The Hall–Kier alpha value is -2.33. The highest BCUT2D eigenvalue weighted by Crippen LogP contribution is 2.15. The van der Waals surface area contributed by atoms with Gasteiger partial charge in [0.2, 0.25) is 0 Å². The fraction of sp³-hybridized carbons (Fsp3) is 0.222. The molecule has 0 aliphatic rings. The van der Waals surface area contributed by atoms with Crippen molar-refractivity contribution < 1.29 is 4.79 Å². The van der Waals surface area contributed by atoms with E-state index in [2.05, 4.69) is 15.8 Å². The van der Waals surface area contributed by atoms with E-state index in [0.717, 1.165) is 16.8 Å². The van der Waals surface area contributed by atoms with Crippen LogP contribution in [0.1, 0.15) is 24.5 Å². The summed E-state index contributed by atoms with van der Waals surface area (Å²) in [5.74, 6) is -0.174. The van der Waals surface area contributed by atoms with Crippen molar-refractivity contribution in [3.63, 3.8) is 0 Å². The Morgan fingerprint density at radius 2 is 1.91 bits per heavy atom. The molecule has 0 aliphatic heterocycles. The summed E-state index contributed by atoms with van der Waals surface area (Å²) in [6.45, 7) is 3.94. The van der Waals surface area contributed by atoms with E-state index in [-0.39, 0.29) is 11.9 Å². The number of anilines is 1. The first-order valence-corrected chi connectivity index (χ1v) is 7.88. The molecular formula is C18H20ClN3O. The summed E-state index contributed by atoms with van der Waals surface area (Å²) >= 11 is 5.86. The first-order chi connectivity index (χ1) is 11.1. The van der Waals surface area contributed by atoms with Gasteiger partial charge in [-0.1, -0.05) is 42.8 Å². The van der Waals surface area contributed by atoms with Gasteiger partial charge in [0.25, 0.3) is 5.91 Å². The summed E-state index contributed by atoms with van der Waals surface area (Å²) in [4.78, 5) is 12.2. The summed E-state index contributed by atoms with van der Waals surface area (Å²) in [5.41, 5.74) is 5.52. The minimum Gasteiger partial charge on any atom is -0.374 e. The number of hydrogen-bond acceptors (Lipinski definition) is 3. The smallest absolute Gasteiger partial charge is 0.262 e. The van der Waals surface area contributed by atoms with Crippen LogP contribution >= 0.6 is 11.6 Å². The lowest BCUT2D eigenvalue weighted by Gasteiger charge is -2.16. The third-order valence-corrected chi connectivity index (χ3v) is 3.73. The van der Waals surface area contributed by atoms with E-state index in [1.165, 1.54) is 0 Å². The second-order valence-electron chi connectivity index (χ2n) is 5.20. The largest absolute Gasteiger partial charge is 0.374 e. The van der Waals surface area contributed by atoms with Crippen LogP contribution in [0, 0.1) is 6.92 Å². The summed E-state index contributed by atoms with van der Waals surface area (Å²) < 4.78 is 0. The van der Waals surface area contributed by atoms with Gasteiger partial charge in [-0.2, -0.15) is 5.10 Å². The van der Waals surface area contributed by atoms with Crippen LogP contribution in [0.5, 0.6) is 0 Å². The molecule has 2 aromatic carbocycles. The predicted octanol–water partition coefficient (Wildman–Crippen LogP) is 3.99. The summed E-state index contributed by atoms with van der Waals surface area (Å²) in [5, 5.41) is 7.88. The number of hydrogen-bond donors (Lipinski definition) is 2. The van der Waals surface area contributed by atoms with Crippen LogP contribution in [0.25, 0.3) is 0 Å². The Morgan fingerprint density at radius 1 is 1.22 bits per heavy atom. The van der Waals surface area contributed by atoms with Gasteiger partial charge in [0, 0.05) is 10.7 Å². The van der Waals surface area contributed by atoms with Crippen molar-refractivity contribution in [1.29, 1.82) is 0 Å². The highest BCUT2D eigenvalue weighted by Gasteiger charge is 2.15. The summed E-state index contributed by atoms with van der Waals surface area (Å²) in [7, 11) is 0. The second kappa shape index (κ2) is 8.34. The molecule has 0 spiro atoms. The Labute approximate surface area is 141 Å². The van der Waals surface area contributed by atoms with Gasteiger partial charge in [0.05, 0.1) is 6.21 Å². The molecule has 0 aliphatic carbocycles. The molecule has 0 heterocycles. The van der Waals surface area contributed by atoms with Crippen molar-refractivity contribution in [3.8, 4) is 0 Å². The van der Waals surface area contributed by atoms with E-state index in [1.807, 2.05) is 50.2 Å². The average molecular weight is 330 g/mol. The lowest BCUT2D eigenvalue weighted by Crippen LogP contribution is -2.36. The quantitative estimate of drug-likeness (QED) is 0.622. The van der Waals surface area contributed by atoms with Crippen LogP contribution in [-0.2, 0) is 4.79 Å². The predicted molar refractivity (Wildman–Crippen MR) is 96.1 cm³/mol. The van der Waals surface area contributed by atoms with E-state index in [1.54, 1.807) is 18.3 Å². The zero-order chi connectivity index (χ0) is 16.7. The van der Waals surface area contributed by atoms with Crippen LogP contribution in [0.3, 0.4) is 0 Å². The maximum absolute atomic E-state index is 12.2. The highest BCUT2D eigenvalue weighted by atomic mass is 35.5. The number of nitrogens with zero attached hydrogens (tertiary/aromatic N) is 1. The number of nitrogens with one attached hydrogen (secondary N) is 2. The van der Waals surface area contributed by atoms with Crippen molar-refractivity contribution >= 4 is 29.4 Å². The van der Waals surface area contributed by atoms with Gasteiger partial charge in [-0.25, -0.2) is 5.43 Å². The van der Waals surface area contributed by atoms with E-state index >= 15 is 0 Å². The SMILES string of the molecule is CCC(Nc1ccc(Cl)cc1)C(=O)N/N=C/c1ccccc1C. The van der Waals surface area contributed by atoms with Crippen molar-refractivity contribution in [1.82, 2.24) is 5.43 Å². The van der Waals surface area contributed by atoms with Crippen molar-refractivity contribution in [2.24, 2.45) is 5.10 Å². The Bertz CT molecular complexity index is 683. The third-order valence-electron chi connectivity index (χ3n) is 3.48. The van der Waals surface area contributed by atoms with Gasteiger partial charge < -0.3 is 5.32 Å². The Morgan fingerprint density at radius 3 is 2.57 bits per heavy atom. The minimum absolute atomic E-state index is 0.174. The maximum atomic E-state index is 12.2. The van der Waals surface area contributed by atoms with Gasteiger partial charge in [0.15, 0.2) is 0 Å². The third kappa shape index (κ3) is 5.11. The molecular weight excluding hydrogens is 310 g/mol. The Kier molecular flexibility index (Phi) is 6.18. The molecule has 0 fully saturated rings. The number of rotatable bonds is 6. The molecule has 4 nitrogen and oxygen atoms in total. The van der Waals surface area contributed by atoms with Crippen molar-refractivity contribution in [3.05, 3.63) is 64.7 Å². The highest BCUT2D eigenvalue weighted by molar-refractivity contribution is 6.30. The zero-order valence-corrected chi connectivity index (χ0v) is 14.0. The molecule has 2 aromatic rings. The standard InChI is InChI=1S/C18H20ClN3O/c1-3-17(21-16-10-8-15(19)9-11-16)18(23)22-20-12-14-7-5-4-6-13(14)2/h4-12,17,21H,3H2,1-2H3,(H,22,23)/b20-12+. The topological polar surface area (TPSA) is 53.5 Å². The molecule has 120 valence electrons. The molecule has 1 unspecified atom stereocenters. The van der Waals surface area contributed by atoms with E-state index in [9.17, 15) is 4.79 Å². The summed E-state index contributed by atoms with van der Waals surface area (Å²) in [6, 6.07) is 14.8. The molecule has 1 amide bonds.